The van der Waals surface area contributed by atoms with Crippen LogP contribution in [0.25, 0.3) is 5.69 Å². The van der Waals surface area contributed by atoms with Crippen LogP contribution in [-0.2, 0) is 0 Å². The number of anilines is 2. The number of hydrogen-bond donors (Lipinski definition) is 2. The molecule has 4 rings (SSSR count). The fraction of sp³-hybridized carbons (Fsp3) is 0.238. The molecule has 150 valence electrons. The van der Waals surface area contributed by atoms with Gasteiger partial charge in [-0.2, -0.15) is 5.10 Å². The Morgan fingerprint density at radius 2 is 1.97 bits per heavy atom. The van der Waals surface area contributed by atoms with Gasteiger partial charge in [0.25, 0.3) is 0 Å². The molecule has 8 heteroatoms. The van der Waals surface area contributed by atoms with Crippen molar-refractivity contribution in [3.63, 3.8) is 0 Å². The highest BCUT2D eigenvalue weighted by Gasteiger charge is 2.27. The predicted octanol–water partition coefficient (Wildman–Crippen LogP) is 3.86. The molecule has 3 aromatic rings. The molecule has 2 amide bonds. The van der Waals surface area contributed by atoms with E-state index in [0.29, 0.717) is 25.2 Å². The molecule has 29 heavy (non-hydrogen) atoms. The molecule has 0 spiro atoms. The number of para-hydroxylation sites is 1. The number of urea groups is 1. The average molecular weight is 397 g/mol. The number of carbonyl (C=O) groups is 1. The van der Waals surface area contributed by atoms with Crippen LogP contribution in [-0.4, -0.2) is 34.9 Å². The van der Waals surface area contributed by atoms with Crippen molar-refractivity contribution in [2.75, 3.05) is 23.3 Å². The number of amides is 2. The highest BCUT2D eigenvalue weighted by Crippen LogP contribution is 2.27. The lowest BCUT2D eigenvalue weighted by molar-refractivity contribution is 0.249. The van der Waals surface area contributed by atoms with E-state index in [4.69, 9.17) is 0 Å². The van der Waals surface area contributed by atoms with E-state index in [1.807, 2.05) is 37.4 Å². The van der Waals surface area contributed by atoms with Crippen LogP contribution in [0.2, 0.25) is 0 Å². The quantitative estimate of drug-likeness (QED) is 0.703. The fourth-order valence-electron chi connectivity index (χ4n) is 3.57. The maximum absolute atomic E-state index is 14.0. The van der Waals surface area contributed by atoms with Gasteiger partial charge in [-0.1, -0.05) is 6.07 Å². The molecule has 0 saturated carbocycles. The van der Waals surface area contributed by atoms with E-state index in [1.54, 1.807) is 15.8 Å². The third kappa shape index (κ3) is 4.06. The number of nitrogens with one attached hydrogen (secondary N) is 2. The Hall–Kier alpha value is -3.42. The molecule has 1 unspecified atom stereocenters. The molecule has 0 bridgehead atoms. The molecule has 0 aliphatic carbocycles. The highest BCUT2D eigenvalue weighted by atomic mass is 19.1. The molecule has 2 aromatic carbocycles. The molecule has 0 radical (unpaired) electrons. The zero-order chi connectivity index (χ0) is 20.4. The van der Waals surface area contributed by atoms with Crippen molar-refractivity contribution in [3.05, 3.63) is 72.1 Å². The van der Waals surface area contributed by atoms with E-state index in [9.17, 15) is 13.6 Å². The third-order valence-electron chi connectivity index (χ3n) is 5.00. The molecule has 1 aromatic heterocycles. The van der Waals surface area contributed by atoms with Crippen LogP contribution in [0, 0.1) is 18.6 Å². The van der Waals surface area contributed by atoms with Crippen molar-refractivity contribution in [2.24, 2.45) is 0 Å². The molecule has 1 fully saturated rings. The SMILES string of the molecule is Cc1cc(-n2cccn2)ccc1NC(=O)NC1CCN(c2c(F)cccc2F)C1. The number of rotatable bonds is 4. The van der Waals surface area contributed by atoms with Crippen molar-refractivity contribution in [1.29, 1.82) is 0 Å². The van der Waals surface area contributed by atoms with Crippen molar-refractivity contribution < 1.29 is 13.6 Å². The van der Waals surface area contributed by atoms with Gasteiger partial charge in [0.2, 0.25) is 0 Å². The zero-order valence-electron chi connectivity index (χ0n) is 15.9. The lowest BCUT2D eigenvalue weighted by atomic mass is 10.2. The smallest absolute Gasteiger partial charge is 0.319 e. The normalized spacial score (nSPS) is 16.1. The van der Waals surface area contributed by atoms with E-state index in [2.05, 4.69) is 15.7 Å². The van der Waals surface area contributed by atoms with Gasteiger partial charge in [0, 0.05) is 37.2 Å². The van der Waals surface area contributed by atoms with E-state index in [0.717, 1.165) is 11.3 Å². The molecule has 2 N–H and O–H groups in total. The standard InChI is InChI=1S/C21H21F2N5O/c1-14-12-16(28-10-3-9-24-28)6-7-19(14)26-21(29)25-15-8-11-27(13-15)20-17(22)4-2-5-18(20)23/h2-7,9-10,12,15H,8,11,13H2,1H3,(H2,25,26,29). The van der Waals surface area contributed by atoms with Crippen LogP contribution >= 0.6 is 0 Å². The minimum atomic E-state index is -0.594. The molecular weight excluding hydrogens is 376 g/mol. The van der Waals surface area contributed by atoms with Gasteiger partial charge in [0.1, 0.15) is 17.3 Å². The minimum Gasteiger partial charge on any atom is -0.365 e. The Kier molecular flexibility index (Phi) is 5.16. The lowest BCUT2D eigenvalue weighted by Gasteiger charge is -2.20. The van der Waals surface area contributed by atoms with Gasteiger partial charge in [-0.15, -0.1) is 0 Å². The average Bonchev–Trinajstić information content (AvgIpc) is 3.36. The second-order valence-corrected chi connectivity index (χ2v) is 7.05. The first kappa shape index (κ1) is 18.9. The second-order valence-electron chi connectivity index (χ2n) is 7.05. The number of aromatic nitrogens is 2. The Morgan fingerprint density at radius 1 is 1.17 bits per heavy atom. The molecule has 6 nitrogen and oxygen atoms in total. The van der Waals surface area contributed by atoms with Crippen LogP contribution in [0.3, 0.4) is 0 Å². The Bertz CT molecular complexity index is 1000. The van der Waals surface area contributed by atoms with Gasteiger partial charge in [0.15, 0.2) is 0 Å². The first-order chi connectivity index (χ1) is 14.0. The van der Waals surface area contributed by atoms with E-state index in [-0.39, 0.29) is 17.8 Å². The van der Waals surface area contributed by atoms with Crippen molar-refractivity contribution in [3.8, 4) is 5.69 Å². The maximum atomic E-state index is 14.0. The van der Waals surface area contributed by atoms with Crippen LogP contribution in [0.5, 0.6) is 0 Å². The summed E-state index contributed by atoms with van der Waals surface area (Å²) in [5.74, 6) is -1.19. The summed E-state index contributed by atoms with van der Waals surface area (Å²) < 4.78 is 29.7. The number of aryl methyl sites for hydroxylation is 1. The third-order valence-corrected chi connectivity index (χ3v) is 5.00. The monoisotopic (exact) mass is 397 g/mol. The number of hydrogen-bond acceptors (Lipinski definition) is 3. The van der Waals surface area contributed by atoms with Crippen molar-refractivity contribution in [2.45, 2.75) is 19.4 Å². The first-order valence-corrected chi connectivity index (χ1v) is 9.38. The first-order valence-electron chi connectivity index (χ1n) is 9.38. The summed E-state index contributed by atoms with van der Waals surface area (Å²) >= 11 is 0. The number of benzene rings is 2. The lowest BCUT2D eigenvalue weighted by Crippen LogP contribution is -2.40. The molecule has 1 atom stereocenters. The summed E-state index contributed by atoms with van der Waals surface area (Å²) in [7, 11) is 0. The van der Waals surface area contributed by atoms with Gasteiger partial charge < -0.3 is 15.5 Å². The summed E-state index contributed by atoms with van der Waals surface area (Å²) in [5.41, 5.74) is 2.45. The van der Waals surface area contributed by atoms with Crippen LogP contribution in [0.1, 0.15) is 12.0 Å². The number of carbonyl (C=O) groups excluding carboxylic acids is 1. The van der Waals surface area contributed by atoms with E-state index < -0.39 is 11.6 Å². The predicted molar refractivity (Wildman–Crippen MR) is 107 cm³/mol. The summed E-state index contributed by atoms with van der Waals surface area (Å²) in [5, 5.41) is 9.91. The van der Waals surface area contributed by atoms with Crippen LogP contribution in [0.15, 0.2) is 54.9 Å². The summed E-state index contributed by atoms with van der Waals surface area (Å²) in [4.78, 5) is 14.0. The van der Waals surface area contributed by atoms with Gasteiger partial charge in [-0.25, -0.2) is 18.3 Å². The minimum absolute atomic E-state index is 0.0396. The van der Waals surface area contributed by atoms with Crippen molar-refractivity contribution >= 4 is 17.4 Å². The van der Waals surface area contributed by atoms with Gasteiger partial charge >= 0.3 is 6.03 Å². The second kappa shape index (κ2) is 7.90. The van der Waals surface area contributed by atoms with Gasteiger partial charge in [0.05, 0.1) is 5.69 Å². The largest absolute Gasteiger partial charge is 0.365 e. The topological polar surface area (TPSA) is 62.2 Å². The Labute approximate surface area is 167 Å². The van der Waals surface area contributed by atoms with Crippen LogP contribution in [0.4, 0.5) is 25.0 Å². The molecule has 2 heterocycles. The fourth-order valence-corrected chi connectivity index (χ4v) is 3.57. The molecule has 1 aliphatic heterocycles. The molecule has 1 saturated heterocycles. The van der Waals surface area contributed by atoms with E-state index in [1.165, 1.54) is 18.2 Å². The Morgan fingerprint density at radius 3 is 2.66 bits per heavy atom. The van der Waals surface area contributed by atoms with E-state index >= 15 is 0 Å². The number of halogens is 2. The molecular formula is C21H21F2N5O. The number of nitrogens with zero attached hydrogens (tertiary/aromatic N) is 3. The van der Waals surface area contributed by atoms with Gasteiger partial charge in [-0.05, 0) is 55.3 Å². The summed E-state index contributed by atoms with van der Waals surface area (Å²) in [6.07, 6.45) is 4.16. The molecule has 1 aliphatic rings. The summed E-state index contributed by atoms with van der Waals surface area (Å²) in [6, 6.07) is 10.7. The van der Waals surface area contributed by atoms with Crippen LogP contribution < -0.4 is 15.5 Å². The Balaban J connectivity index is 1.37. The summed E-state index contributed by atoms with van der Waals surface area (Å²) in [6.45, 7) is 2.73. The zero-order valence-corrected chi connectivity index (χ0v) is 15.9. The maximum Gasteiger partial charge on any atom is 0.319 e. The van der Waals surface area contributed by atoms with Gasteiger partial charge in [-0.3, -0.25) is 0 Å². The highest BCUT2D eigenvalue weighted by molar-refractivity contribution is 5.90. The van der Waals surface area contributed by atoms with Crippen molar-refractivity contribution in [1.82, 2.24) is 15.1 Å².